The number of rotatable bonds is 12. The van der Waals surface area contributed by atoms with Gasteiger partial charge < -0.3 is 19.5 Å². The van der Waals surface area contributed by atoms with Crippen molar-refractivity contribution in [1.29, 1.82) is 0 Å². The zero-order valence-corrected chi connectivity index (χ0v) is 22.6. The van der Waals surface area contributed by atoms with Crippen LogP contribution in [0.2, 0.25) is 0 Å². The number of alkyl halides is 3. The summed E-state index contributed by atoms with van der Waals surface area (Å²) in [5.74, 6) is 2.27. The Kier molecular flexibility index (Phi) is 9.92. The van der Waals surface area contributed by atoms with E-state index in [-0.39, 0.29) is 29.3 Å². The Balaban J connectivity index is 1.71. The zero-order valence-electron chi connectivity index (χ0n) is 20.9. The molecule has 10 heteroatoms. The van der Waals surface area contributed by atoms with Crippen molar-refractivity contribution in [3.05, 3.63) is 63.6 Å². The molecule has 5 nitrogen and oxygen atoms in total. The highest BCUT2D eigenvalue weighted by Gasteiger charge is 2.29. The van der Waals surface area contributed by atoms with Gasteiger partial charge in [0.05, 0.1) is 25.8 Å². The maximum absolute atomic E-state index is 12.5. The molecule has 0 spiro atoms. The van der Waals surface area contributed by atoms with Gasteiger partial charge in [0.15, 0.2) is 0 Å². The Morgan fingerprint density at radius 3 is 2.19 bits per heavy atom. The first kappa shape index (κ1) is 28.1. The molecule has 0 amide bonds. The number of benzene rings is 2. The van der Waals surface area contributed by atoms with Gasteiger partial charge >= 0.3 is 5.51 Å². The van der Waals surface area contributed by atoms with Gasteiger partial charge in [0, 0.05) is 34.6 Å². The second kappa shape index (κ2) is 12.7. The largest absolute Gasteiger partial charge is 0.496 e. The van der Waals surface area contributed by atoms with Crippen molar-refractivity contribution in [3.8, 4) is 17.2 Å². The number of methoxy groups -OCH3 is 2. The van der Waals surface area contributed by atoms with Crippen LogP contribution in [0.3, 0.4) is 0 Å². The molecule has 2 aromatic carbocycles. The number of aromatic nitrogens is 1. The minimum atomic E-state index is -4.31. The van der Waals surface area contributed by atoms with Gasteiger partial charge in [0.2, 0.25) is 0 Å². The maximum Gasteiger partial charge on any atom is 0.446 e. The van der Waals surface area contributed by atoms with Gasteiger partial charge in [-0.1, -0.05) is 26.0 Å². The van der Waals surface area contributed by atoms with E-state index in [4.69, 9.17) is 14.2 Å². The third kappa shape index (κ3) is 8.31. The van der Waals surface area contributed by atoms with Gasteiger partial charge in [-0.05, 0) is 48.7 Å². The Bertz CT molecular complexity index is 1090. The monoisotopic (exact) mass is 540 g/mol. The van der Waals surface area contributed by atoms with Crippen LogP contribution >= 0.6 is 23.1 Å². The van der Waals surface area contributed by atoms with E-state index in [0.29, 0.717) is 29.7 Å². The second-order valence-electron chi connectivity index (χ2n) is 8.66. The second-order valence-corrected chi connectivity index (χ2v) is 11.1. The summed E-state index contributed by atoms with van der Waals surface area (Å²) in [5.41, 5.74) is -2.70. The van der Waals surface area contributed by atoms with Gasteiger partial charge in [0.1, 0.15) is 28.9 Å². The smallest absolute Gasteiger partial charge is 0.446 e. The number of nitrogens with one attached hydrogen (secondary N) is 1. The Labute approximate surface area is 218 Å². The fourth-order valence-corrected chi connectivity index (χ4v) is 5.07. The van der Waals surface area contributed by atoms with Crippen molar-refractivity contribution in [2.75, 3.05) is 14.2 Å². The molecule has 0 radical (unpaired) electrons. The van der Waals surface area contributed by atoms with Gasteiger partial charge in [-0.25, -0.2) is 4.98 Å². The third-order valence-electron chi connectivity index (χ3n) is 5.31. The zero-order chi connectivity index (χ0) is 26.3. The summed E-state index contributed by atoms with van der Waals surface area (Å²) in [6.07, 6.45) is 2.84. The molecule has 0 aliphatic rings. The molecule has 0 fully saturated rings. The lowest BCUT2D eigenvalue weighted by Gasteiger charge is -2.21. The average Bonchev–Trinajstić information content (AvgIpc) is 3.26. The summed E-state index contributed by atoms with van der Waals surface area (Å²) in [4.78, 5) is 5.88. The summed E-state index contributed by atoms with van der Waals surface area (Å²) < 4.78 is 54.8. The molecule has 1 N–H and O–H groups in total. The van der Waals surface area contributed by atoms with Crippen LogP contribution in [0.1, 0.15) is 47.3 Å². The number of thiazole rings is 1. The number of thioether (sulfide) groups is 1. The van der Waals surface area contributed by atoms with E-state index in [1.807, 2.05) is 13.1 Å². The molecule has 1 heterocycles. The Morgan fingerprint density at radius 2 is 1.69 bits per heavy atom. The van der Waals surface area contributed by atoms with Crippen LogP contribution in [0.25, 0.3) is 0 Å². The minimum Gasteiger partial charge on any atom is -0.496 e. The normalized spacial score (nSPS) is 12.6. The van der Waals surface area contributed by atoms with Gasteiger partial charge in [-0.3, -0.25) is 0 Å². The first-order valence-corrected chi connectivity index (χ1v) is 13.1. The molecule has 0 saturated heterocycles. The van der Waals surface area contributed by atoms with Crippen LogP contribution in [0.5, 0.6) is 17.2 Å². The summed E-state index contributed by atoms with van der Waals surface area (Å²) in [5, 5.41) is 4.66. The Hall–Kier alpha value is -2.43. The highest BCUT2D eigenvalue weighted by Crippen LogP contribution is 2.37. The van der Waals surface area contributed by atoms with E-state index >= 15 is 0 Å². The number of aryl methyl sites for hydroxylation is 1. The molecule has 196 valence electrons. The topological polar surface area (TPSA) is 52.6 Å². The third-order valence-corrected chi connectivity index (χ3v) is 7.08. The van der Waals surface area contributed by atoms with Crippen LogP contribution in [0, 0.1) is 12.8 Å². The van der Waals surface area contributed by atoms with Crippen LogP contribution in [-0.4, -0.2) is 24.7 Å². The van der Waals surface area contributed by atoms with E-state index in [1.165, 1.54) is 17.0 Å². The molecule has 36 heavy (non-hydrogen) atoms. The molecule has 0 bridgehead atoms. The number of hydrogen-bond acceptors (Lipinski definition) is 7. The molecule has 1 atom stereocenters. The van der Waals surface area contributed by atoms with E-state index in [0.717, 1.165) is 22.6 Å². The van der Waals surface area contributed by atoms with Crippen molar-refractivity contribution < 1.29 is 27.4 Å². The van der Waals surface area contributed by atoms with Gasteiger partial charge in [-0.15, -0.1) is 11.3 Å². The van der Waals surface area contributed by atoms with Crippen LogP contribution < -0.4 is 19.5 Å². The van der Waals surface area contributed by atoms with E-state index in [9.17, 15) is 13.2 Å². The summed E-state index contributed by atoms with van der Waals surface area (Å²) >= 11 is 1.55. The molecule has 3 aromatic rings. The van der Waals surface area contributed by atoms with E-state index in [1.54, 1.807) is 49.8 Å². The molecule has 1 unspecified atom stereocenters. The fraction of sp³-hybridized carbons (Fsp3) is 0.423. The average molecular weight is 541 g/mol. The SMILES string of the molecule is COc1cc(OCc2ccc(SC(F)(F)F)cc2)cc(OC)c1CNC(CC(C)C)c1ncc(C)s1. The van der Waals surface area contributed by atoms with E-state index in [2.05, 4.69) is 24.1 Å². The van der Waals surface area contributed by atoms with Gasteiger partial charge in [0.25, 0.3) is 0 Å². The summed E-state index contributed by atoms with van der Waals surface area (Å²) in [7, 11) is 3.18. The lowest BCUT2D eigenvalue weighted by molar-refractivity contribution is -0.0328. The number of hydrogen-bond donors (Lipinski definition) is 1. The molecule has 0 aliphatic heterocycles. The number of halogens is 3. The van der Waals surface area contributed by atoms with E-state index < -0.39 is 5.51 Å². The van der Waals surface area contributed by atoms with Crippen molar-refractivity contribution in [1.82, 2.24) is 10.3 Å². The van der Waals surface area contributed by atoms with Crippen LogP contribution in [0.15, 0.2) is 47.5 Å². The van der Waals surface area contributed by atoms with Crippen LogP contribution in [-0.2, 0) is 13.2 Å². The van der Waals surface area contributed by atoms with Crippen molar-refractivity contribution in [3.63, 3.8) is 0 Å². The predicted octanol–water partition coefficient (Wildman–Crippen LogP) is 7.54. The fourth-order valence-electron chi connectivity index (χ4n) is 3.67. The highest BCUT2D eigenvalue weighted by molar-refractivity contribution is 8.00. The molecular formula is C26H31F3N2O3S2. The van der Waals surface area contributed by atoms with Gasteiger partial charge in [-0.2, -0.15) is 13.2 Å². The molecule has 0 aliphatic carbocycles. The highest BCUT2D eigenvalue weighted by atomic mass is 32.2. The first-order chi connectivity index (χ1) is 17.1. The Morgan fingerprint density at radius 1 is 1.06 bits per heavy atom. The first-order valence-electron chi connectivity index (χ1n) is 11.5. The van der Waals surface area contributed by atoms with Crippen molar-refractivity contribution in [2.45, 2.75) is 56.8 Å². The summed E-state index contributed by atoms with van der Waals surface area (Å²) in [6, 6.07) is 9.80. The molecule has 1 aromatic heterocycles. The van der Waals surface area contributed by atoms with Crippen molar-refractivity contribution in [2.24, 2.45) is 5.92 Å². The number of nitrogens with zero attached hydrogens (tertiary/aromatic N) is 1. The standard InChI is InChI=1S/C26H31F3N2O3S2/c1-16(2)10-22(25-31-13-17(3)35-25)30-14-21-23(32-4)11-19(12-24(21)33-5)34-15-18-6-8-20(9-7-18)36-26(27,28)29/h6-9,11-13,16,22,30H,10,14-15H2,1-5H3. The maximum atomic E-state index is 12.5. The van der Waals surface area contributed by atoms with Crippen molar-refractivity contribution >= 4 is 23.1 Å². The quantitative estimate of drug-likeness (QED) is 0.240. The molecule has 0 saturated carbocycles. The lowest BCUT2D eigenvalue weighted by atomic mass is 10.0. The molecular weight excluding hydrogens is 509 g/mol. The number of ether oxygens (including phenoxy) is 3. The minimum absolute atomic E-state index is 0.104. The lowest BCUT2D eigenvalue weighted by Crippen LogP contribution is -2.23. The summed E-state index contributed by atoms with van der Waals surface area (Å²) in [6.45, 7) is 7.13. The van der Waals surface area contributed by atoms with Crippen LogP contribution in [0.4, 0.5) is 13.2 Å². The predicted molar refractivity (Wildman–Crippen MR) is 138 cm³/mol. The molecule has 3 rings (SSSR count).